The molecule has 1 saturated heterocycles. The molecule has 0 atom stereocenters. The number of hydrogen-bond donors (Lipinski definition) is 1. The number of piperidine rings is 1. The molecule has 1 aromatic carbocycles. The van der Waals surface area contributed by atoms with Crippen molar-refractivity contribution in [1.82, 2.24) is 9.88 Å². The van der Waals surface area contributed by atoms with Gasteiger partial charge in [0.25, 0.3) is 0 Å². The van der Waals surface area contributed by atoms with Crippen molar-refractivity contribution in [2.75, 3.05) is 19.6 Å². The summed E-state index contributed by atoms with van der Waals surface area (Å²) in [6.45, 7) is 2.38. The third-order valence-electron chi connectivity index (χ3n) is 6.38. The highest BCUT2D eigenvalue weighted by molar-refractivity contribution is 7.18. The number of hydrogen-bond acceptors (Lipinski definition) is 4. The van der Waals surface area contributed by atoms with Gasteiger partial charge in [0.15, 0.2) is 0 Å². The van der Waals surface area contributed by atoms with Crippen molar-refractivity contribution in [2.24, 2.45) is 11.1 Å². The largest absolute Gasteiger partial charge is 0.343 e. The number of para-hydroxylation sites is 1. The van der Waals surface area contributed by atoms with Gasteiger partial charge in [-0.1, -0.05) is 31.4 Å². The van der Waals surface area contributed by atoms with E-state index in [-0.39, 0.29) is 30.2 Å². The van der Waals surface area contributed by atoms with Crippen LogP contribution in [0.5, 0.6) is 0 Å². The van der Waals surface area contributed by atoms with Crippen LogP contribution in [-0.2, 0) is 4.79 Å². The van der Waals surface area contributed by atoms with Crippen molar-refractivity contribution >= 4 is 52.3 Å². The molecule has 1 amide bonds. The molecule has 2 heterocycles. The van der Waals surface area contributed by atoms with Crippen molar-refractivity contribution in [3.05, 3.63) is 29.3 Å². The number of carbonyl (C=O) groups is 1. The summed E-state index contributed by atoms with van der Waals surface area (Å²) in [4.78, 5) is 19.8. The van der Waals surface area contributed by atoms with Gasteiger partial charge in [-0.3, -0.25) is 4.79 Å². The number of nitrogens with two attached hydrogens (primary N) is 1. The van der Waals surface area contributed by atoms with Gasteiger partial charge in [0.2, 0.25) is 5.91 Å². The zero-order valence-electron chi connectivity index (χ0n) is 16.3. The Labute approximate surface area is 184 Å². The maximum Gasteiger partial charge on any atom is 0.223 e. The Balaban J connectivity index is 0.00000140. The first-order valence-corrected chi connectivity index (χ1v) is 10.8. The lowest BCUT2D eigenvalue weighted by atomic mass is 9.71. The highest BCUT2D eigenvalue weighted by Crippen LogP contribution is 2.40. The van der Waals surface area contributed by atoms with Crippen molar-refractivity contribution in [3.63, 3.8) is 0 Å². The molecule has 0 bridgehead atoms. The number of halogens is 2. The molecule has 1 aromatic heterocycles. The molecule has 1 aliphatic heterocycles. The smallest absolute Gasteiger partial charge is 0.223 e. The fourth-order valence-corrected chi connectivity index (χ4v) is 5.76. The lowest BCUT2D eigenvalue weighted by Gasteiger charge is -2.38. The first kappa shape index (κ1) is 23.4. The first-order chi connectivity index (χ1) is 12.7. The van der Waals surface area contributed by atoms with E-state index in [1.54, 1.807) is 0 Å². The molecule has 2 aromatic rings. The molecular weight excluding hydrogens is 413 g/mol. The molecule has 2 aliphatic rings. The van der Waals surface area contributed by atoms with Gasteiger partial charge >= 0.3 is 0 Å². The summed E-state index contributed by atoms with van der Waals surface area (Å²) in [7, 11) is 0. The van der Waals surface area contributed by atoms with Gasteiger partial charge in [0.05, 0.1) is 15.2 Å². The molecule has 1 saturated carbocycles. The van der Waals surface area contributed by atoms with Crippen LogP contribution in [0.15, 0.2) is 24.3 Å². The minimum atomic E-state index is 0. The van der Waals surface area contributed by atoms with E-state index in [0.29, 0.717) is 24.8 Å². The molecule has 0 radical (unpaired) electrons. The summed E-state index contributed by atoms with van der Waals surface area (Å²) in [5, 5.41) is 1.24. The Bertz CT molecular complexity index is 735. The number of fused-ring (bicyclic) bond motifs is 1. The highest BCUT2D eigenvalue weighted by atomic mass is 35.5. The fraction of sp³-hybridized carbons (Fsp3) is 0.619. The van der Waals surface area contributed by atoms with Gasteiger partial charge in [-0.25, -0.2) is 4.98 Å². The van der Waals surface area contributed by atoms with Gasteiger partial charge < -0.3 is 10.6 Å². The molecule has 2 N–H and O–H groups in total. The minimum absolute atomic E-state index is 0. The summed E-state index contributed by atoms with van der Waals surface area (Å²) in [5.74, 6) is 0.815. The summed E-state index contributed by atoms with van der Waals surface area (Å²) in [5.41, 5.74) is 7.25. The van der Waals surface area contributed by atoms with Crippen molar-refractivity contribution in [1.29, 1.82) is 0 Å². The van der Waals surface area contributed by atoms with Crippen LogP contribution in [0.2, 0.25) is 0 Å². The predicted octanol–water partition coefficient (Wildman–Crippen LogP) is 5.15. The average Bonchev–Trinajstić information content (AvgIpc) is 3.13. The number of amides is 1. The number of carbonyl (C=O) groups excluding carboxylic acids is 1. The zero-order valence-corrected chi connectivity index (χ0v) is 18.7. The number of thiazole rings is 1. The Morgan fingerprint density at radius 3 is 2.46 bits per heavy atom. The van der Waals surface area contributed by atoms with E-state index >= 15 is 0 Å². The molecular formula is C21H31Cl2N3OS. The van der Waals surface area contributed by atoms with Crippen molar-refractivity contribution in [3.8, 4) is 0 Å². The lowest BCUT2D eigenvalue weighted by molar-refractivity contribution is -0.135. The Morgan fingerprint density at radius 2 is 1.82 bits per heavy atom. The van der Waals surface area contributed by atoms with Crippen molar-refractivity contribution in [2.45, 2.75) is 57.3 Å². The Morgan fingerprint density at radius 1 is 1.14 bits per heavy atom. The number of benzene rings is 1. The second-order valence-corrected chi connectivity index (χ2v) is 9.18. The van der Waals surface area contributed by atoms with E-state index in [9.17, 15) is 4.79 Å². The lowest BCUT2D eigenvalue weighted by Crippen LogP contribution is -2.43. The van der Waals surface area contributed by atoms with E-state index in [4.69, 9.17) is 10.7 Å². The van der Waals surface area contributed by atoms with Crippen LogP contribution in [0.3, 0.4) is 0 Å². The molecule has 4 nitrogen and oxygen atoms in total. The summed E-state index contributed by atoms with van der Waals surface area (Å²) in [6.07, 6.45) is 8.70. The zero-order chi connectivity index (χ0) is 18.0. The second kappa shape index (κ2) is 10.2. The van der Waals surface area contributed by atoms with Crippen LogP contribution in [0.4, 0.5) is 0 Å². The summed E-state index contributed by atoms with van der Waals surface area (Å²) >= 11 is 1.81. The maximum atomic E-state index is 12.9. The summed E-state index contributed by atoms with van der Waals surface area (Å²) in [6, 6.07) is 8.35. The molecule has 7 heteroatoms. The number of nitrogens with zero attached hydrogens (tertiary/aromatic N) is 2. The third-order valence-corrected chi connectivity index (χ3v) is 7.58. The van der Waals surface area contributed by atoms with E-state index in [1.165, 1.54) is 29.0 Å². The minimum Gasteiger partial charge on any atom is -0.343 e. The fourth-order valence-electron chi connectivity index (χ4n) is 4.63. The molecule has 2 fully saturated rings. The van der Waals surface area contributed by atoms with Gasteiger partial charge in [0, 0.05) is 25.4 Å². The van der Waals surface area contributed by atoms with Crippen LogP contribution in [0.1, 0.15) is 62.3 Å². The van der Waals surface area contributed by atoms with Crippen LogP contribution in [0, 0.1) is 5.41 Å². The monoisotopic (exact) mass is 443 g/mol. The van der Waals surface area contributed by atoms with Crippen LogP contribution >= 0.6 is 36.2 Å². The number of aromatic nitrogens is 1. The third kappa shape index (κ3) is 4.99. The van der Waals surface area contributed by atoms with E-state index in [0.717, 1.165) is 44.3 Å². The molecule has 0 unspecified atom stereocenters. The van der Waals surface area contributed by atoms with Gasteiger partial charge in [-0.15, -0.1) is 36.2 Å². The Hall–Kier alpha value is -0.880. The second-order valence-electron chi connectivity index (χ2n) is 8.12. The predicted molar refractivity (Wildman–Crippen MR) is 122 cm³/mol. The number of rotatable bonds is 4. The topological polar surface area (TPSA) is 59.2 Å². The van der Waals surface area contributed by atoms with E-state index in [2.05, 4.69) is 23.1 Å². The van der Waals surface area contributed by atoms with Gasteiger partial charge in [-0.05, 0) is 49.8 Å². The number of likely N-dealkylation sites (tertiary alicyclic amines) is 1. The quantitative estimate of drug-likeness (QED) is 0.710. The van der Waals surface area contributed by atoms with Crippen molar-refractivity contribution < 1.29 is 4.79 Å². The van der Waals surface area contributed by atoms with Crippen LogP contribution in [0.25, 0.3) is 10.2 Å². The van der Waals surface area contributed by atoms with Crippen LogP contribution in [-0.4, -0.2) is 35.4 Å². The van der Waals surface area contributed by atoms with Crippen LogP contribution < -0.4 is 5.73 Å². The summed E-state index contributed by atoms with van der Waals surface area (Å²) < 4.78 is 1.27. The van der Waals surface area contributed by atoms with E-state index < -0.39 is 0 Å². The van der Waals surface area contributed by atoms with Gasteiger partial charge in [-0.2, -0.15) is 0 Å². The molecule has 0 spiro atoms. The SMILES string of the molecule is Cl.Cl.NCC1(CC(=O)N2CCC(c3nc4ccccc4s3)CC2)CCCCC1. The van der Waals surface area contributed by atoms with E-state index in [1.807, 2.05) is 17.4 Å². The maximum absolute atomic E-state index is 12.9. The molecule has 1 aliphatic carbocycles. The Kier molecular flexibility index (Phi) is 8.56. The molecule has 28 heavy (non-hydrogen) atoms. The first-order valence-electron chi connectivity index (χ1n) is 10.0. The standard InChI is InChI=1S/C21H29N3OS.2ClH/c22-15-21(10-4-1-5-11-21)14-19(25)24-12-8-16(9-13-24)20-23-17-6-2-3-7-18(17)26-20;;/h2-3,6-7,16H,1,4-5,8-15,22H2;2*1H. The average molecular weight is 444 g/mol. The van der Waals surface area contributed by atoms with Gasteiger partial charge in [0.1, 0.15) is 0 Å². The highest BCUT2D eigenvalue weighted by Gasteiger charge is 2.35. The molecule has 4 rings (SSSR count). The normalized spacial score (nSPS) is 19.7. The molecule has 156 valence electrons.